The van der Waals surface area contributed by atoms with Crippen LogP contribution in [0, 0.1) is 0 Å². The van der Waals surface area contributed by atoms with E-state index in [1.165, 1.54) is 11.1 Å². The molecule has 0 atom stereocenters. The summed E-state index contributed by atoms with van der Waals surface area (Å²) in [7, 11) is 2.06. The van der Waals surface area contributed by atoms with Gasteiger partial charge in [-0.25, -0.2) is 0 Å². The van der Waals surface area contributed by atoms with Crippen molar-refractivity contribution >= 4 is 22.5 Å². The van der Waals surface area contributed by atoms with E-state index in [0.717, 1.165) is 43.1 Å². The summed E-state index contributed by atoms with van der Waals surface area (Å²) in [6, 6.07) is 6.43. The summed E-state index contributed by atoms with van der Waals surface area (Å²) in [6.45, 7) is 5.38. The van der Waals surface area contributed by atoms with Crippen molar-refractivity contribution in [2.75, 3.05) is 26.2 Å². The lowest BCUT2D eigenvalue weighted by Crippen LogP contribution is -2.42. The predicted octanol–water partition coefficient (Wildman–Crippen LogP) is 2.24. The van der Waals surface area contributed by atoms with Crippen molar-refractivity contribution in [3.05, 3.63) is 35.0 Å². The Morgan fingerprint density at radius 3 is 2.83 bits per heavy atom. The van der Waals surface area contributed by atoms with E-state index in [0.29, 0.717) is 0 Å². The Bertz CT molecular complexity index is 555. The first-order valence-corrected chi connectivity index (χ1v) is 6.78. The monoisotopic (exact) mass is 263 g/mol. The first kappa shape index (κ1) is 12.0. The summed E-state index contributed by atoms with van der Waals surface area (Å²) in [4.78, 5) is 2.47. The molecular formula is C14H18ClN3. The average molecular weight is 264 g/mol. The molecule has 1 aromatic carbocycles. The Morgan fingerprint density at radius 2 is 2.06 bits per heavy atom. The molecule has 0 aliphatic carbocycles. The molecule has 1 N–H and O–H groups in total. The number of hydrogen-bond donors (Lipinski definition) is 1. The van der Waals surface area contributed by atoms with Gasteiger partial charge in [-0.15, -0.1) is 0 Å². The molecule has 2 heterocycles. The third-order valence-electron chi connectivity index (χ3n) is 3.63. The topological polar surface area (TPSA) is 20.2 Å². The lowest BCUT2D eigenvalue weighted by molar-refractivity contribution is 0.233. The molecule has 0 amide bonds. The van der Waals surface area contributed by atoms with Gasteiger partial charge in [-0.1, -0.05) is 11.6 Å². The largest absolute Gasteiger partial charge is 0.350 e. The van der Waals surface area contributed by atoms with Crippen LogP contribution in [0.2, 0.25) is 5.02 Å². The molecule has 0 radical (unpaired) electrons. The first-order valence-electron chi connectivity index (χ1n) is 6.40. The molecule has 4 heteroatoms. The highest BCUT2D eigenvalue weighted by Crippen LogP contribution is 2.26. The molecule has 3 nitrogen and oxygen atoms in total. The molecule has 1 aliphatic rings. The van der Waals surface area contributed by atoms with E-state index in [-0.39, 0.29) is 0 Å². The van der Waals surface area contributed by atoms with Crippen molar-refractivity contribution in [2.45, 2.75) is 6.54 Å². The Balaban J connectivity index is 1.89. The molecule has 0 spiro atoms. The van der Waals surface area contributed by atoms with E-state index in [2.05, 4.69) is 46.2 Å². The van der Waals surface area contributed by atoms with Gasteiger partial charge in [-0.05, 0) is 23.8 Å². The van der Waals surface area contributed by atoms with Crippen LogP contribution in [0.1, 0.15) is 5.56 Å². The van der Waals surface area contributed by atoms with Crippen molar-refractivity contribution in [3.63, 3.8) is 0 Å². The van der Waals surface area contributed by atoms with Gasteiger partial charge in [0.25, 0.3) is 0 Å². The fraction of sp³-hybridized carbons (Fsp3) is 0.429. The number of benzene rings is 1. The SMILES string of the molecule is Cn1ccc2c(Cl)cc(CN3CCNCC3)cc21. The van der Waals surface area contributed by atoms with Crippen molar-refractivity contribution in [1.82, 2.24) is 14.8 Å². The predicted molar refractivity (Wildman–Crippen MR) is 76.1 cm³/mol. The van der Waals surface area contributed by atoms with Gasteiger partial charge in [-0.2, -0.15) is 0 Å². The number of nitrogens with one attached hydrogen (secondary N) is 1. The van der Waals surface area contributed by atoms with E-state index in [9.17, 15) is 0 Å². The van der Waals surface area contributed by atoms with Crippen molar-refractivity contribution in [3.8, 4) is 0 Å². The van der Waals surface area contributed by atoms with Crippen LogP contribution in [0.3, 0.4) is 0 Å². The fourth-order valence-electron chi connectivity index (χ4n) is 2.60. The van der Waals surface area contributed by atoms with Crippen molar-refractivity contribution in [2.24, 2.45) is 7.05 Å². The minimum Gasteiger partial charge on any atom is -0.350 e. The van der Waals surface area contributed by atoms with Crippen molar-refractivity contribution < 1.29 is 0 Å². The van der Waals surface area contributed by atoms with E-state index >= 15 is 0 Å². The lowest BCUT2D eigenvalue weighted by atomic mass is 10.1. The van der Waals surface area contributed by atoms with E-state index < -0.39 is 0 Å². The number of aryl methyl sites for hydroxylation is 1. The second kappa shape index (κ2) is 4.92. The maximum atomic E-state index is 6.35. The van der Waals surface area contributed by atoms with Gasteiger partial charge in [0.05, 0.1) is 5.02 Å². The summed E-state index contributed by atoms with van der Waals surface area (Å²) >= 11 is 6.35. The summed E-state index contributed by atoms with van der Waals surface area (Å²) in [5.41, 5.74) is 2.52. The Hall–Kier alpha value is -1.03. The highest BCUT2D eigenvalue weighted by Gasteiger charge is 2.12. The lowest BCUT2D eigenvalue weighted by Gasteiger charge is -2.27. The maximum absolute atomic E-state index is 6.35. The van der Waals surface area contributed by atoms with E-state index in [4.69, 9.17) is 11.6 Å². The molecule has 1 saturated heterocycles. The molecule has 1 fully saturated rings. The van der Waals surface area contributed by atoms with Crippen LogP contribution in [-0.2, 0) is 13.6 Å². The zero-order chi connectivity index (χ0) is 12.5. The van der Waals surface area contributed by atoms with Crippen LogP contribution in [0.15, 0.2) is 24.4 Å². The molecule has 96 valence electrons. The smallest absolute Gasteiger partial charge is 0.0503 e. The number of fused-ring (bicyclic) bond motifs is 1. The number of rotatable bonds is 2. The molecule has 2 aromatic rings. The third kappa shape index (κ3) is 2.26. The normalized spacial score (nSPS) is 17.4. The average Bonchev–Trinajstić information content (AvgIpc) is 2.73. The van der Waals surface area contributed by atoms with Gasteiger partial charge >= 0.3 is 0 Å². The summed E-state index contributed by atoms with van der Waals surface area (Å²) in [5, 5.41) is 5.38. The van der Waals surface area contributed by atoms with Gasteiger partial charge in [0, 0.05) is 56.9 Å². The van der Waals surface area contributed by atoms with Crippen LogP contribution < -0.4 is 5.32 Å². The van der Waals surface area contributed by atoms with Crippen LogP contribution in [-0.4, -0.2) is 35.6 Å². The maximum Gasteiger partial charge on any atom is 0.0503 e. The van der Waals surface area contributed by atoms with Crippen LogP contribution >= 0.6 is 11.6 Å². The van der Waals surface area contributed by atoms with Crippen LogP contribution in [0.4, 0.5) is 0 Å². The molecule has 18 heavy (non-hydrogen) atoms. The molecule has 3 rings (SSSR count). The summed E-state index contributed by atoms with van der Waals surface area (Å²) < 4.78 is 2.13. The highest BCUT2D eigenvalue weighted by atomic mass is 35.5. The summed E-state index contributed by atoms with van der Waals surface area (Å²) in [5.74, 6) is 0. The minimum atomic E-state index is 0.859. The second-order valence-corrected chi connectivity index (χ2v) is 5.37. The third-order valence-corrected chi connectivity index (χ3v) is 3.94. The van der Waals surface area contributed by atoms with Crippen molar-refractivity contribution in [1.29, 1.82) is 0 Å². The van der Waals surface area contributed by atoms with E-state index in [1.807, 2.05) is 0 Å². The van der Waals surface area contributed by atoms with Gasteiger partial charge in [0.2, 0.25) is 0 Å². The van der Waals surface area contributed by atoms with Crippen LogP contribution in [0.25, 0.3) is 10.9 Å². The zero-order valence-electron chi connectivity index (χ0n) is 10.6. The number of piperazine rings is 1. The number of halogens is 1. The van der Waals surface area contributed by atoms with Gasteiger partial charge < -0.3 is 9.88 Å². The number of hydrogen-bond acceptors (Lipinski definition) is 2. The minimum absolute atomic E-state index is 0.859. The highest BCUT2D eigenvalue weighted by molar-refractivity contribution is 6.35. The van der Waals surface area contributed by atoms with E-state index in [1.54, 1.807) is 0 Å². The molecule has 0 saturated carbocycles. The second-order valence-electron chi connectivity index (χ2n) is 4.96. The molecular weight excluding hydrogens is 246 g/mol. The quantitative estimate of drug-likeness (QED) is 0.897. The van der Waals surface area contributed by atoms with Gasteiger partial charge in [0.15, 0.2) is 0 Å². The molecule has 0 bridgehead atoms. The molecule has 0 unspecified atom stereocenters. The summed E-state index contributed by atoms with van der Waals surface area (Å²) in [6.07, 6.45) is 2.06. The Labute approximate surface area is 112 Å². The van der Waals surface area contributed by atoms with Crippen LogP contribution in [0.5, 0.6) is 0 Å². The molecule has 1 aromatic heterocycles. The standard InChI is InChI=1S/C14H18ClN3/c1-17-5-2-12-13(15)8-11(9-14(12)17)10-18-6-3-16-4-7-18/h2,5,8-9,16H,3-4,6-7,10H2,1H3. The fourth-order valence-corrected chi connectivity index (χ4v) is 2.90. The van der Waals surface area contributed by atoms with Gasteiger partial charge in [-0.3, -0.25) is 4.90 Å². The number of nitrogens with zero attached hydrogens (tertiary/aromatic N) is 2. The first-order chi connectivity index (χ1) is 8.74. The zero-order valence-corrected chi connectivity index (χ0v) is 11.4. The Kier molecular flexibility index (Phi) is 3.29. The molecule has 1 aliphatic heterocycles. The van der Waals surface area contributed by atoms with Gasteiger partial charge in [0.1, 0.15) is 0 Å². The Morgan fingerprint density at radius 1 is 1.28 bits per heavy atom. The number of aromatic nitrogens is 1.